The Balaban J connectivity index is 0.747. The molecule has 4 aromatic carbocycles. The van der Waals surface area contributed by atoms with Gasteiger partial charge < -0.3 is 38.1 Å². The third kappa shape index (κ3) is 16.6. The number of hydrogen-bond donors (Lipinski definition) is 2. The number of aryl methyl sites for hydroxylation is 1. The minimum atomic E-state index is -3.84. The molecule has 2 N–H and O–H groups in total. The van der Waals surface area contributed by atoms with E-state index in [4.69, 9.17) is 35.0 Å². The Morgan fingerprint density at radius 1 is 0.720 bits per heavy atom. The van der Waals surface area contributed by atoms with E-state index in [0.29, 0.717) is 92.1 Å². The van der Waals surface area contributed by atoms with Crippen LogP contribution in [0.2, 0.25) is 5.02 Å². The van der Waals surface area contributed by atoms with Gasteiger partial charge in [-0.15, -0.1) is 0 Å². The van der Waals surface area contributed by atoms with E-state index in [1.54, 1.807) is 34.9 Å². The zero-order chi connectivity index (χ0) is 58.8. The maximum absolute atomic E-state index is 13.6. The first kappa shape index (κ1) is 63.5. The summed E-state index contributed by atoms with van der Waals surface area (Å²) in [6, 6.07) is 29.0. The number of unbranched alkanes of at least 4 members (excludes halogenated alkanes) is 2. The molecule has 0 spiro atoms. The lowest BCUT2D eigenvalue weighted by molar-refractivity contribution is -0.121. The molecule has 7 rings (SSSR count). The highest BCUT2D eigenvalue weighted by Crippen LogP contribution is 2.43. The largest absolute Gasteiger partial charge is 0.456 e. The minimum absolute atomic E-state index is 0.0121. The van der Waals surface area contributed by atoms with Gasteiger partial charge in [0.15, 0.2) is 20.9 Å². The van der Waals surface area contributed by atoms with Crippen LogP contribution in [0, 0.1) is 13.8 Å². The summed E-state index contributed by atoms with van der Waals surface area (Å²) in [5, 5.41) is 6.15. The van der Waals surface area contributed by atoms with Gasteiger partial charge in [0.05, 0.1) is 79.8 Å². The number of hydrogen-bond acceptors (Lipinski definition) is 12. The molecule has 0 bridgehead atoms. The Morgan fingerprint density at radius 3 is 2.06 bits per heavy atom. The Morgan fingerprint density at radius 2 is 1.39 bits per heavy atom. The molecule has 16 nitrogen and oxygen atoms in total. The number of ketones is 1. The number of nitrogens with zero attached hydrogens (tertiary/aromatic N) is 3. The Kier molecular flexibility index (Phi) is 24.0. The van der Waals surface area contributed by atoms with Crippen LogP contribution in [-0.4, -0.2) is 131 Å². The van der Waals surface area contributed by atoms with E-state index in [9.17, 15) is 31.6 Å². The van der Waals surface area contributed by atoms with Gasteiger partial charge in [-0.1, -0.05) is 35.7 Å². The second-order valence-corrected chi connectivity index (χ2v) is 23.6. The summed E-state index contributed by atoms with van der Waals surface area (Å²) in [6.45, 7) is 18.3. The summed E-state index contributed by atoms with van der Waals surface area (Å²) in [5.74, 6) is 0.202. The highest BCUT2D eigenvalue weighted by atomic mass is 35.5. The molecule has 0 saturated heterocycles. The molecule has 1 amide bonds. The number of rotatable bonds is 33. The number of halogens is 1. The molecule has 440 valence electrons. The quantitative estimate of drug-likeness (QED) is 0.0171. The van der Waals surface area contributed by atoms with Gasteiger partial charge in [0.2, 0.25) is 11.3 Å². The van der Waals surface area contributed by atoms with Gasteiger partial charge in [-0.3, -0.25) is 19.0 Å². The maximum atomic E-state index is 13.6. The van der Waals surface area contributed by atoms with Crippen LogP contribution in [0.25, 0.3) is 44.3 Å². The Labute approximate surface area is 489 Å². The summed E-state index contributed by atoms with van der Waals surface area (Å²) in [6.07, 6.45) is 3.37. The van der Waals surface area contributed by atoms with E-state index in [0.717, 1.165) is 95.2 Å². The average Bonchev–Trinajstić information content (AvgIpc) is 3.36. The number of fused-ring (bicyclic) bond motifs is 3. The minimum Gasteiger partial charge on any atom is -0.456 e. The zero-order valence-electron chi connectivity index (χ0n) is 48.1. The van der Waals surface area contributed by atoms with Crippen molar-refractivity contribution in [1.82, 2.24) is 14.5 Å². The molecule has 82 heavy (non-hydrogen) atoms. The van der Waals surface area contributed by atoms with E-state index < -0.39 is 20.9 Å². The number of sulfone groups is 1. The van der Waals surface area contributed by atoms with Crippen molar-refractivity contribution in [1.29, 1.82) is 0 Å². The molecule has 1 aromatic heterocycles. The van der Waals surface area contributed by atoms with E-state index in [-0.39, 0.29) is 59.2 Å². The van der Waals surface area contributed by atoms with Crippen LogP contribution < -0.4 is 20.1 Å². The number of Topliss-reactive ketones (excluding diaryl/α,β-unsaturated/α-hetero) is 1. The van der Waals surface area contributed by atoms with Crippen LogP contribution in [0.4, 0.5) is 5.69 Å². The Bertz CT molecular complexity index is 3490. The summed E-state index contributed by atoms with van der Waals surface area (Å²) >= 11 is 3.53. The van der Waals surface area contributed by atoms with Gasteiger partial charge in [-0.2, -0.15) is 0 Å². The molecule has 0 saturated carbocycles. The molecule has 1 unspecified atom stereocenters. The van der Waals surface area contributed by atoms with Gasteiger partial charge in [-0.05, 0) is 133 Å². The van der Waals surface area contributed by atoms with Gasteiger partial charge in [0.1, 0.15) is 30.2 Å². The summed E-state index contributed by atoms with van der Waals surface area (Å²) < 4.78 is 83.8. The monoisotopic (exact) mass is 1180 g/mol. The molecule has 0 radical (unpaired) electrons. The topological polar surface area (TPSA) is 196 Å². The van der Waals surface area contributed by atoms with Crippen molar-refractivity contribution in [3.8, 4) is 22.5 Å². The van der Waals surface area contributed by atoms with E-state index in [1.165, 1.54) is 12.1 Å². The first-order chi connectivity index (χ1) is 39.6. The number of amides is 1. The summed E-state index contributed by atoms with van der Waals surface area (Å²) in [4.78, 5) is 41.3. The van der Waals surface area contributed by atoms with Crippen LogP contribution in [0.1, 0.15) is 93.4 Å². The van der Waals surface area contributed by atoms with Crippen molar-refractivity contribution in [3.63, 3.8) is 0 Å². The molecule has 1 aliphatic heterocycles. The summed E-state index contributed by atoms with van der Waals surface area (Å²) in [7, 11) is -3.84. The fraction of sp³-hybridized carbons (Fsp3) is 0.429. The third-order valence-electron chi connectivity index (χ3n) is 14.6. The van der Waals surface area contributed by atoms with Crippen molar-refractivity contribution in [2.45, 2.75) is 96.3 Å². The van der Waals surface area contributed by atoms with Crippen molar-refractivity contribution in [2.75, 3.05) is 96.2 Å². The molecular formula is C63H78ClN4O12S2+. The number of carbonyl (C=O) groups excluding carboxylic acids is 3. The molecule has 2 aliphatic rings. The molecule has 0 fully saturated rings. The lowest BCUT2D eigenvalue weighted by Crippen LogP contribution is -2.29. The molecular weight excluding hydrogens is 1100 g/mol. The lowest BCUT2D eigenvalue weighted by atomic mass is 9.93. The van der Waals surface area contributed by atoms with Crippen molar-refractivity contribution in [2.24, 2.45) is 0 Å². The average molecular weight is 1180 g/mol. The smallest absolute Gasteiger partial charge is 0.262 e. The number of ether oxygens (including phenoxy) is 4. The normalized spacial score (nSPS) is 12.1. The predicted molar refractivity (Wildman–Crippen MR) is 325 cm³/mol. The number of aromatic nitrogens is 1. The number of carbonyl (C=O) groups is 3. The highest BCUT2D eigenvalue weighted by molar-refractivity contribution is 7.91. The predicted octanol–water partition coefficient (Wildman–Crippen LogP) is 10.5. The third-order valence-corrected chi connectivity index (χ3v) is 17.4. The SMILES string of the molecule is CCN(CC)c1ccc2c(-c3ccc(S(=O)(=O)CCCOCCOCCOCCOCCC(=O)CCCCCNC(=O)Cc4c(C)n(C(=O)c5ccc(Cl)cc5)c5ccc(C)cc45)cc3S(=O)O)c3ccc(=[N+](CC)CC)cc-3oc2c1. The highest BCUT2D eigenvalue weighted by Gasteiger charge is 2.26. The van der Waals surface area contributed by atoms with Gasteiger partial charge in [0.25, 0.3) is 5.91 Å². The van der Waals surface area contributed by atoms with Crippen LogP contribution in [0.3, 0.4) is 0 Å². The molecule has 5 aromatic rings. The van der Waals surface area contributed by atoms with Crippen molar-refractivity contribution < 1.29 is 54.9 Å². The van der Waals surface area contributed by atoms with E-state index in [2.05, 4.69) is 42.5 Å². The second-order valence-electron chi connectivity index (χ2n) is 20.1. The van der Waals surface area contributed by atoms with Gasteiger partial charge >= 0.3 is 0 Å². The molecule has 2 heterocycles. The van der Waals surface area contributed by atoms with Crippen molar-refractivity contribution >= 4 is 77.7 Å². The van der Waals surface area contributed by atoms with Crippen LogP contribution >= 0.6 is 11.6 Å². The first-order valence-corrected chi connectivity index (χ1v) is 31.5. The molecule has 1 atom stereocenters. The van der Waals surface area contributed by atoms with Crippen LogP contribution in [-0.2, 0) is 55.9 Å². The van der Waals surface area contributed by atoms with Crippen molar-refractivity contribution in [3.05, 3.63) is 130 Å². The number of benzene rings is 5. The number of anilines is 1. The zero-order valence-corrected chi connectivity index (χ0v) is 50.4. The van der Waals surface area contributed by atoms with Crippen LogP contribution in [0.5, 0.6) is 0 Å². The molecule has 19 heteroatoms. The fourth-order valence-corrected chi connectivity index (χ4v) is 12.3. The van der Waals surface area contributed by atoms with Gasteiger partial charge in [-0.25, -0.2) is 17.2 Å². The van der Waals surface area contributed by atoms with Crippen LogP contribution in [0.15, 0.2) is 111 Å². The van der Waals surface area contributed by atoms with E-state index >= 15 is 0 Å². The summed E-state index contributed by atoms with van der Waals surface area (Å²) in [5.41, 5.74) is 7.28. The maximum Gasteiger partial charge on any atom is 0.262 e. The number of nitrogens with one attached hydrogen (secondary N) is 1. The standard InChI is InChI=1S/C63H77ClN4O12S2/c1-7-66(8-2)48-21-24-52-58(40-48)80-59-41-49(67(9-3)10-4)22-25-53(59)62(52)54-26-23-51(42-60(54)81(72)73)82(74,75)38-14-30-76-32-34-78-36-37-79-35-33-77-31-28-50(69)15-12-11-13-29-65-61(70)43-55-45(6)68(57-27-16-44(5)39-56(55)57)63(71)46-17-19-47(64)20-18-46/h16-27,39-42H,7-15,28-38,43H2,1-6H3,(H-,65,70,72,73)/p+1. The fourth-order valence-electron chi connectivity index (χ4n) is 10.2. The second kappa shape index (κ2) is 31.0. The van der Waals surface area contributed by atoms with Gasteiger partial charge in [0, 0.05) is 101 Å². The first-order valence-electron chi connectivity index (χ1n) is 28.4. The Hall–Kier alpha value is -6.09. The molecule has 1 aliphatic carbocycles. The lowest BCUT2D eigenvalue weighted by Gasteiger charge is -2.22. The van der Waals surface area contributed by atoms with E-state index in [1.807, 2.05) is 68.4 Å².